The van der Waals surface area contributed by atoms with Gasteiger partial charge in [0.15, 0.2) is 0 Å². The first-order chi connectivity index (χ1) is 7.07. The van der Waals surface area contributed by atoms with Crippen LogP contribution in [0.1, 0.15) is 24.4 Å². The van der Waals surface area contributed by atoms with Crippen LogP contribution in [0.5, 0.6) is 0 Å². The third-order valence-electron chi connectivity index (χ3n) is 2.12. The van der Waals surface area contributed by atoms with E-state index in [4.69, 9.17) is 22.4 Å². The van der Waals surface area contributed by atoms with Gasteiger partial charge in [0.1, 0.15) is 11.6 Å². The molecule has 0 radical (unpaired) electrons. The predicted octanol–water partition coefficient (Wildman–Crippen LogP) is 2.81. The minimum Gasteiger partial charge on any atom is -0.396 e. The Bertz CT molecular complexity index is 350. The first kappa shape index (κ1) is 15.6. The van der Waals surface area contributed by atoms with Gasteiger partial charge in [-0.05, 0) is 25.0 Å². The van der Waals surface area contributed by atoms with Crippen molar-refractivity contribution in [2.45, 2.75) is 18.9 Å². The predicted molar refractivity (Wildman–Crippen MR) is 61.9 cm³/mol. The normalized spacial score (nSPS) is 12.1. The van der Waals surface area contributed by atoms with Crippen LogP contribution in [-0.4, -0.2) is 11.7 Å². The first-order valence-electron chi connectivity index (χ1n) is 4.57. The summed E-state index contributed by atoms with van der Waals surface area (Å²) in [4.78, 5) is 0. The Morgan fingerprint density at radius 1 is 1.31 bits per heavy atom. The topological polar surface area (TPSA) is 46.2 Å². The SMILES string of the molecule is Cl.N[C@H](CCCO)c1c(F)ccc(F)c1Cl. The Kier molecular flexibility index (Phi) is 6.83. The summed E-state index contributed by atoms with van der Waals surface area (Å²) >= 11 is 5.61. The van der Waals surface area contributed by atoms with E-state index < -0.39 is 17.7 Å². The minimum atomic E-state index is -0.694. The van der Waals surface area contributed by atoms with Crippen molar-refractivity contribution in [2.75, 3.05) is 6.61 Å². The summed E-state index contributed by atoms with van der Waals surface area (Å²) in [6.45, 7) is -0.0394. The summed E-state index contributed by atoms with van der Waals surface area (Å²) in [6, 6.07) is 1.26. The smallest absolute Gasteiger partial charge is 0.142 e. The van der Waals surface area contributed by atoms with Gasteiger partial charge in [0.25, 0.3) is 0 Å². The zero-order valence-corrected chi connectivity index (χ0v) is 9.99. The molecule has 0 amide bonds. The fourth-order valence-corrected chi connectivity index (χ4v) is 1.63. The van der Waals surface area contributed by atoms with E-state index in [9.17, 15) is 8.78 Å². The van der Waals surface area contributed by atoms with Crippen molar-refractivity contribution in [2.24, 2.45) is 5.73 Å². The summed E-state index contributed by atoms with van der Waals surface area (Å²) in [5, 5.41) is 8.32. The highest BCUT2D eigenvalue weighted by atomic mass is 35.5. The summed E-state index contributed by atoms with van der Waals surface area (Å²) in [7, 11) is 0. The number of aliphatic hydroxyl groups excluding tert-OH is 1. The van der Waals surface area contributed by atoms with Crippen LogP contribution < -0.4 is 5.73 Å². The van der Waals surface area contributed by atoms with Crippen LogP contribution in [0.2, 0.25) is 5.02 Å². The van der Waals surface area contributed by atoms with Crippen molar-refractivity contribution in [3.8, 4) is 0 Å². The number of halogens is 4. The third kappa shape index (κ3) is 3.56. The molecule has 6 heteroatoms. The summed E-state index contributed by atoms with van der Waals surface area (Å²) in [5.41, 5.74) is 5.63. The highest BCUT2D eigenvalue weighted by Gasteiger charge is 2.17. The van der Waals surface area contributed by atoms with Crippen LogP contribution >= 0.6 is 24.0 Å². The zero-order chi connectivity index (χ0) is 11.4. The van der Waals surface area contributed by atoms with Crippen LogP contribution in [0.15, 0.2) is 12.1 Å². The fraction of sp³-hybridized carbons (Fsp3) is 0.400. The van der Waals surface area contributed by atoms with Crippen molar-refractivity contribution in [1.82, 2.24) is 0 Å². The molecule has 0 heterocycles. The molecular weight excluding hydrogens is 259 g/mol. The number of nitrogens with two attached hydrogens (primary N) is 1. The molecule has 0 aliphatic heterocycles. The average molecular weight is 272 g/mol. The highest BCUT2D eigenvalue weighted by molar-refractivity contribution is 6.31. The van der Waals surface area contributed by atoms with Crippen molar-refractivity contribution in [3.63, 3.8) is 0 Å². The van der Waals surface area contributed by atoms with Crippen LogP contribution in [0.25, 0.3) is 0 Å². The summed E-state index contributed by atoms with van der Waals surface area (Å²) < 4.78 is 26.4. The highest BCUT2D eigenvalue weighted by Crippen LogP contribution is 2.29. The fourth-order valence-electron chi connectivity index (χ4n) is 1.34. The Hall–Kier alpha value is -0.420. The van der Waals surface area contributed by atoms with Crippen molar-refractivity contribution in [1.29, 1.82) is 0 Å². The lowest BCUT2D eigenvalue weighted by atomic mass is 10.0. The quantitative estimate of drug-likeness (QED) is 0.828. The van der Waals surface area contributed by atoms with Crippen LogP contribution in [0.4, 0.5) is 8.78 Å². The van der Waals surface area contributed by atoms with Gasteiger partial charge in [-0.3, -0.25) is 0 Å². The van der Waals surface area contributed by atoms with Gasteiger partial charge in [0.2, 0.25) is 0 Å². The lowest BCUT2D eigenvalue weighted by molar-refractivity contribution is 0.279. The molecule has 0 aliphatic rings. The van der Waals surface area contributed by atoms with Gasteiger partial charge in [-0.1, -0.05) is 11.6 Å². The molecule has 0 spiro atoms. The summed E-state index contributed by atoms with van der Waals surface area (Å²) in [5.74, 6) is -1.31. The molecule has 1 aromatic carbocycles. The van der Waals surface area contributed by atoms with Crippen LogP contribution in [0.3, 0.4) is 0 Å². The van der Waals surface area contributed by atoms with E-state index in [1.54, 1.807) is 0 Å². The molecule has 0 saturated carbocycles. The van der Waals surface area contributed by atoms with E-state index in [1.165, 1.54) is 0 Å². The van der Waals surface area contributed by atoms with Gasteiger partial charge in [-0.2, -0.15) is 0 Å². The van der Waals surface area contributed by atoms with E-state index in [1.807, 2.05) is 0 Å². The first-order valence-corrected chi connectivity index (χ1v) is 4.95. The van der Waals surface area contributed by atoms with Crippen LogP contribution in [0, 0.1) is 11.6 Å². The second-order valence-electron chi connectivity index (χ2n) is 3.23. The zero-order valence-electron chi connectivity index (χ0n) is 8.42. The Morgan fingerprint density at radius 2 is 1.88 bits per heavy atom. The molecule has 0 saturated heterocycles. The average Bonchev–Trinajstić information content (AvgIpc) is 2.21. The number of hydrogen-bond acceptors (Lipinski definition) is 2. The molecule has 0 unspecified atom stereocenters. The largest absolute Gasteiger partial charge is 0.396 e. The maximum Gasteiger partial charge on any atom is 0.142 e. The standard InChI is InChI=1S/C10H12ClF2NO.ClH/c11-10-7(13)4-3-6(12)9(10)8(14)2-1-5-15;/h3-4,8,15H,1-2,5,14H2;1H/t8-;/m1./s1. The number of benzene rings is 1. The van der Waals surface area contributed by atoms with E-state index in [0.29, 0.717) is 12.8 Å². The van der Waals surface area contributed by atoms with Gasteiger partial charge < -0.3 is 10.8 Å². The molecule has 0 aromatic heterocycles. The molecular formula is C10H13Cl2F2NO. The molecule has 3 N–H and O–H groups in total. The van der Waals surface area contributed by atoms with Gasteiger partial charge in [0, 0.05) is 18.2 Å². The lowest BCUT2D eigenvalue weighted by Gasteiger charge is -2.14. The maximum absolute atomic E-state index is 13.3. The van der Waals surface area contributed by atoms with Gasteiger partial charge in [0.05, 0.1) is 5.02 Å². The molecule has 16 heavy (non-hydrogen) atoms. The monoisotopic (exact) mass is 271 g/mol. The minimum absolute atomic E-state index is 0. The van der Waals surface area contributed by atoms with Gasteiger partial charge in [-0.25, -0.2) is 8.78 Å². The maximum atomic E-state index is 13.3. The molecule has 1 rings (SSSR count). The Labute approximate surface area is 104 Å². The van der Waals surface area contributed by atoms with Crippen molar-refractivity contribution in [3.05, 3.63) is 34.4 Å². The van der Waals surface area contributed by atoms with Crippen molar-refractivity contribution >= 4 is 24.0 Å². The van der Waals surface area contributed by atoms with E-state index in [-0.39, 0.29) is 29.6 Å². The van der Waals surface area contributed by atoms with E-state index in [0.717, 1.165) is 12.1 Å². The van der Waals surface area contributed by atoms with Crippen molar-refractivity contribution < 1.29 is 13.9 Å². The molecule has 0 aliphatic carbocycles. The third-order valence-corrected chi connectivity index (χ3v) is 2.51. The molecule has 1 aromatic rings. The Morgan fingerprint density at radius 3 is 2.44 bits per heavy atom. The molecule has 0 bridgehead atoms. The lowest BCUT2D eigenvalue weighted by Crippen LogP contribution is -2.14. The molecule has 1 atom stereocenters. The second kappa shape index (κ2) is 7.01. The number of rotatable bonds is 4. The summed E-state index contributed by atoms with van der Waals surface area (Å²) in [6.07, 6.45) is 0.782. The van der Waals surface area contributed by atoms with E-state index in [2.05, 4.69) is 0 Å². The van der Waals surface area contributed by atoms with Gasteiger partial charge in [-0.15, -0.1) is 12.4 Å². The Balaban J connectivity index is 0.00000225. The second-order valence-corrected chi connectivity index (χ2v) is 3.61. The molecule has 2 nitrogen and oxygen atoms in total. The molecule has 0 fully saturated rings. The van der Waals surface area contributed by atoms with Crippen LogP contribution in [-0.2, 0) is 0 Å². The molecule has 92 valence electrons. The van der Waals surface area contributed by atoms with Gasteiger partial charge >= 0.3 is 0 Å². The number of aliphatic hydroxyl groups is 1. The number of hydrogen-bond donors (Lipinski definition) is 2. The van der Waals surface area contributed by atoms with E-state index >= 15 is 0 Å².